The smallest absolute Gasteiger partial charge is 0.144 e. The molecule has 0 saturated carbocycles. The first-order valence-electron chi connectivity index (χ1n) is 6.45. The number of hydrogen-bond acceptors (Lipinski definition) is 5. The third-order valence-electron chi connectivity index (χ3n) is 2.82. The van der Waals surface area contributed by atoms with Gasteiger partial charge in [-0.3, -0.25) is 0 Å². The topological polar surface area (TPSA) is 67.2 Å². The Morgan fingerprint density at radius 1 is 1.25 bits per heavy atom. The van der Waals surface area contributed by atoms with Gasteiger partial charge in [0.15, 0.2) is 0 Å². The van der Waals surface area contributed by atoms with E-state index in [0.717, 1.165) is 10.9 Å². The summed E-state index contributed by atoms with van der Waals surface area (Å²) in [5.74, 6) is 0.599. The van der Waals surface area contributed by atoms with E-state index in [2.05, 4.69) is 16.4 Å². The molecule has 0 fully saturated rings. The Morgan fingerprint density at radius 2 is 2.10 bits per heavy atom. The number of rotatable bonds is 7. The van der Waals surface area contributed by atoms with Gasteiger partial charge in [0.25, 0.3) is 0 Å². The molecule has 2 rings (SSSR count). The number of pyridine rings is 1. The number of methoxy groups -OCH3 is 1. The standard InChI is InChI=1S/C15H17N3O2/c1-19-8-9-20-7-6-17-15-13(11-16)10-12-4-2-3-5-14(12)18-15/h2-5,10H,6-9H2,1H3,(H,17,18). The summed E-state index contributed by atoms with van der Waals surface area (Å²) in [6.45, 7) is 2.29. The Bertz CT molecular complexity index is 608. The number of nitrogens with zero attached hydrogens (tertiary/aromatic N) is 2. The van der Waals surface area contributed by atoms with Crippen LogP contribution >= 0.6 is 0 Å². The van der Waals surface area contributed by atoms with Gasteiger partial charge in [-0.15, -0.1) is 0 Å². The number of benzene rings is 1. The Hall–Kier alpha value is -2.16. The lowest BCUT2D eigenvalue weighted by molar-refractivity contribution is 0.0759. The highest BCUT2D eigenvalue weighted by atomic mass is 16.5. The van der Waals surface area contributed by atoms with Crippen molar-refractivity contribution in [2.75, 3.05) is 38.8 Å². The maximum absolute atomic E-state index is 9.17. The second-order valence-electron chi connectivity index (χ2n) is 4.22. The predicted molar refractivity (Wildman–Crippen MR) is 77.6 cm³/mol. The summed E-state index contributed by atoms with van der Waals surface area (Å²) in [6, 6.07) is 11.7. The minimum absolute atomic E-state index is 0.542. The van der Waals surface area contributed by atoms with Crippen LogP contribution in [-0.4, -0.2) is 38.5 Å². The molecule has 5 nitrogen and oxygen atoms in total. The summed E-state index contributed by atoms with van der Waals surface area (Å²) < 4.78 is 10.2. The second-order valence-corrected chi connectivity index (χ2v) is 4.22. The van der Waals surface area contributed by atoms with Crippen molar-refractivity contribution in [1.29, 1.82) is 5.26 Å². The molecule has 1 heterocycles. The van der Waals surface area contributed by atoms with Crippen molar-refractivity contribution in [3.8, 4) is 6.07 Å². The fourth-order valence-corrected chi connectivity index (χ4v) is 1.82. The summed E-state index contributed by atoms with van der Waals surface area (Å²) in [6.07, 6.45) is 0. The van der Waals surface area contributed by atoms with Crippen molar-refractivity contribution in [1.82, 2.24) is 4.98 Å². The van der Waals surface area contributed by atoms with Gasteiger partial charge in [-0.1, -0.05) is 18.2 Å². The van der Waals surface area contributed by atoms with Gasteiger partial charge in [0.2, 0.25) is 0 Å². The maximum atomic E-state index is 9.17. The van der Waals surface area contributed by atoms with Gasteiger partial charge in [-0.25, -0.2) is 4.98 Å². The minimum atomic E-state index is 0.542. The third kappa shape index (κ3) is 3.67. The molecule has 0 radical (unpaired) electrons. The first-order chi connectivity index (χ1) is 9.85. The molecule has 1 aromatic heterocycles. The molecule has 0 atom stereocenters. The van der Waals surface area contributed by atoms with E-state index in [9.17, 15) is 5.26 Å². The highest BCUT2D eigenvalue weighted by Gasteiger charge is 2.05. The van der Waals surface area contributed by atoms with Crippen LogP contribution in [0.3, 0.4) is 0 Å². The molecule has 0 bridgehead atoms. The summed E-state index contributed by atoms with van der Waals surface area (Å²) in [5.41, 5.74) is 1.41. The van der Waals surface area contributed by atoms with Gasteiger partial charge >= 0.3 is 0 Å². The average molecular weight is 271 g/mol. The van der Waals surface area contributed by atoms with Crippen molar-refractivity contribution in [2.45, 2.75) is 0 Å². The van der Waals surface area contributed by atoms with Crippen molar-refractivity contribution < 1.29 is 9.47 Å². The molecular formula is C15H17N3O2. The largest absolute Gasteiger partial charge is 0.382 e. The number of hydrogen-bond donors (Lipinski definition) is 1. The lowest BCUT2D eigenvalue weighted by Gasteiger charge is -2.09. The van der Waals surface area contributed by atoms with Crippen molar-refractivity contribution >= 4 is 16.7 Å². The van der Waals surface area contributed by atoms with Crippen molar-refractivity contribution in [2.24, 2.45) is 0 Å². The van der Waals surface area contributed by atoms with Gasteiger partial charge in [0.05, 0.1) is 30.9 Å². The van der Waals surface area contributed by atoms with E-state index in [1.807, 2.05) is 30.3 Å². The highest BCUT2D eigenvalue weighted by Crippen LogP contribution is 2.19. The van der Waals surface area contributed by atoms with E-state index in [4.69, 9.17) is 9.47 Å². The molecule has 1 aromatic carbocycles. The SMILES string of the molecule is COCCOCCNc1nc2ccccc2cc1C#N. The molecular weight excluding hydrogens is 254 g/mol. The molecule has 104 valence electrons. The second kappa shape index (κ2) is 7.43. The van der Waals surface area contributed by atoms with Gasteiger partial charge in [0, 0.05) is 19.0 Å². The molecule has 1 N–H and O–H groups in total. The van der Waals surface area contributed by atoms with E-state index >= 15 is 0 Å². The first kappa shape index (κ1) is 14.3. The molecule has 0 aliphatic heterocycles. The number of aromatic nitrogens is 1. The zero-order chi connectivity index (χ0) is 14.2. The van der Waals surface area contributed by atoms with Crippen LogP contribution in [0, 0.1) is 11.3 Å². The van der Waals surface area contributed by atoms with Crippen molar-refractivity contribution in [3.63, 3.8) is 0 Å². The number of ether oxygens (including phenoxy) is 2. The maximum Gasteiger partial charge on any atom is 0.144 e. The molecule has 0 amide bonds. The van der Waals surface area contributed by atoms with E-state index in [-0.39, 0.29) is 0 Å². The number of nitriles is 1. The molecule has 0 aliphatic carbocycles. The Morgan fingerprint density at radius 3 is 2.90 bits per heavy atom. The molecule has 0 aliphatic rings. The predicted octanol–water partition coefficient (Wildman–Crippen LogP) is 2.18. The lowest BCUT2D eigenvalue weighted by atomic mass is 10.1. The summed E-state index contributed by atoms with van der Waals surface area (Å²) in [7, 11) is 1.64. The number of anilines is 1. The van der Waals surface area contributed by atoms with Crippen LogP contribution in [0.25, 0.3) is 10.9 Å². The zero-order valence-corrected chi connectivity index (χ0v) is 11.4. The van der Waals surface area contributed by atoms with Crippen LogP contribution in [0.5, 0.6) is 0 Å². The molecule has 5 heteroatoms. The summed E-state index contributed by atoms with van der Waals surface area (Å²) in [4.78, 5) is 4.47. The van der Waals surface area contributed by atoms with Gasteiger partial charge in [0.1, 0.15) is 11.9 Å². The van der Waals surface area contributed by atoms with Crippen LogP contribution in [0.2, 0.25) is 0 Å². The van der Waals surface area contributed by atoms with Crippen LogP contribution < -0.4 is 5.32 Å². The fraction of sp³-hybridized carbons (Fsp3) is 0.333. The summed E-state index contributed by atoms with van der Waals surface area (Å²) in [5, 5.41) is 13.3. The van der Waals surface area contributed by atoms with Crippen LogP contribution in [-0.2, 0) is 9.47 Å². The fourth-order valence-electron chi connectivity index (χ4n) is 1.82. The first-order valence-corrected chi connectivity index (χ1v) is 6.45. The molecule has 0 saturated heterocycles. The van der Waals surface area contributed by atoms with Gasteiger partial charge < -0.3 is 14.8 Å². The Labute approximate surface area is 118 Å². The van der Waals surface area contributed by atoms with Crippen LogP contribution in [0.4, 0.5) is 5.82 Å². The van der Waals surface area contributed by atoms with E-state index in [1.165, 1.54) is 0 Å². The van der Waals surface area contributed by atoms with Crippen molar-refractivity contribution in [3.05, 3.63) is 35.9 Å². The molecule has 0 unspecified atom stereocenters. The summed E-state index contributed by atoms with van der Waals surface area (Å²) >= 11 is 0. The third-order valence-corrected chi connectivity index (χ3v) is 2.82. The quantitative estimate of drug-likeness (QED) is 0.782. The van der Waals surface area contributed by atoms with Gasteiger partial charge in [-0.2, -0.15) is 5.26 Å². The molecule has 20 heavy (non-hydrogen) atoms. The number of para-hydroxylation sites is 1. The van der Waals surface area contributed by atoms with Gasteiger partial charge in [-0.05, 0) is 12.1 Å². The molecule has 2 aromatic rings. The zero-order valence-electron chi connectivity index (χ0n) is 11.4. The van der Waals surface area contributed by atoms with E-state index in [0.29, 0.717) is 37.7 Å². The minimum Gasteiger partial charge on any atom is -0.382 e. The normalized spacial score (nSPS) is 10.4. The monoisotopic (exact) mass is 271 g/mol. The van der Waals surface area contributed by atoms with Crippen LogP contribution in [0.15, 0.2) is 30.3 Å². The number of nitrogens with one attached hydrogen (secondary N) is 1. The molecule has 0 spiro atoms. The van der Waals surface area contributed by atoms with E-state index < -0.39 is 0 Å². The van der Waals surface area contributed by atoms with Crippen LogP contribution in [0.1, 0.15) is 5.56 Å². The Kier molecular flexibility index (Phi) is 5.30. The van der Waals surface area contributed by atoms with E-state index in [1.54, 1.807) is 7.11 Å². The average Bonchev–Trinajstić information content (AvgIpc) is 2.50. The Balaban J connectivity index is 2.00. The number of fused-ring (bicyclic) bond motifs is 1. The lowest BCUT2D eigenvalue weighted by Crippen LogP contribution is -2.13. The highest BCUT2D eigenvalue weighted by molar-refractivity contribution is 5.82.